The summed E-state index contributed by atoms with van der Waals surface area (Å²) in [5, 5.41) is 0.496. The van der Waals surface area contributed by atoms with Gasteiger partial charge in [-0.3, -0.25) is 15.6 Å². The molecule has 0 saturated heterocycles. The van der Waals surface area contributed by atoms with Crippen molar-refractivity contribution in [2.75, 3.05) is 26.8 Å². The van der Waals surface area contributed by atoms with Gasteiger partial charge in [-0.1, -0.05) is 11.3 Å². The molecular formula is C18H17N3O5S. The Labute approximate surface area is 159 Å². The first kappa shape index (κ1) is 18.5. The van der Waals surface area contributed by atoms with Crippen LogP contribution >= 0.6 is 11.3 Å². The molecule has 0 saturated carbocycles. The van der Waals surface area contributed by atoms with Crippen molar-refractivity contribution < 1.29 is 23.8 Å². The van der Waals surface area contributed by atoms with Crippen LogP contribution in [-0.4, -0.2) is 38.2 Å². The van der Waals surface area contributed by atoms with Crippen molar-refractivity contribution in [3.63, 3.8) is 0 Å². The predicted molar refractivity (Wildman–Crippen MR) is 102 cm³/mol. The summed E-state index contributed by atoms with van der Waals surface area (Å²) < 4.78 is 16.1. The lowest BCUT2D eigenvalue weighted by atomic mass is 10.1. The molecule has 2 aromatic carbocycles. The highest BCUT2D eigenvalue weighted by Gasteiger charge is 2.13. The third-order valence-corrected chi connectivity index (χ3v) is 4.66. The smallest absolute Gasteiger partial charge is 0.337 e. The Morgan fingerprint density at radius 3 is 2.33 bits per heavy atom. The molecule has 9 heteroatoms. The summed E-state index contributed by atoms with van der Waals surface area (Å²) in [5.41, 5.74) is 6.79. The molecule has 1 amide bonds. The van der Waals surface area contributed by atoms with Crippen molar-refractivity contribution in [1.82, 2.24) is 10.4 Å². The number of nitrogens with zero attached hydrogens (tertiary/aromatic N) is 1. The monoisotopic (exact) mass is 387 g/mol. The van der Waals surface area contributed by atoms with Crippen molar-refractivity contribution in [3.8, 4) is 11.5 Å². The third-order valence-electron chi connectivity index (χ3n) is 3.74. The molecule has 0 spiro atoms. The molecule has 8 nitrogen and oxygen atoms in total. The lowest BCUT2D eigenvalue weighted by Gasteiger charge is -2.06. The Kier molecular flexibility index (Phi) is 5.41. The Morgan fingerprint density at radius 1 is 1.00 bits per heavy atom. The van der Waals surface area contributed by atoms with Gasteiger partial charge in [-0.15, -0.1) is 0 Å². The maximum absolute atomic E-state index is 12.2. The molecule has 0 radical (unpaired) electrons. The molecule has 0 fully saturated rings. The van der Waals surface area contributed by atoms with Crippen LogP contribution in [0.15, 0.2) is 36.4 Å². The molecule has 1 heterocycles. The van der Waals surface area contributed by atoms with E-state index in [9.17, 15) is 9.59 Å². The molecule has 2 N–H and O–H groups in total. The molecule has 27 heavy (non-hydrogen) atoms. The zero-order valence-corrected chi connectivity index (χ0v) is 15.7. The number of carbonyl (C=O) groups excluding carboxylic acids is 2. The summed E-state index contributed by atoms with van der Waals surface area (Å²) >= 11 is 1.34. The van der Waals surface area contributed by atoms with Gasteiger partial charge in [-0.05, 0) is 30.3 Å². The first-order valence-electron chi connectivity index (χ1n) is 7.83. The number of aromatic nitrogens is 1. The van der Waals surface area contributed by atoms with E-state index in [0.717, 1.165) is 4.70 Å². The van der Waals surface area contributed by atoms with Crippen molar-refractivity contribution in [3.05, 3.63) is 47.5 Å². The molecule has 140 valence electrons. The van der Waals surface area contributed by atoms with Gasteiger partial charge in [-0.25, -0.2) is 9.78 Å². The molecular weight excluding hydrogens is 370 g/mol. The molecule has 0 aliphatic heterocycles. The fraction of sp³-hybridized carbons (Fsp3) is 0.167. The van der Waals surface area contributed by atoms with Crippen LogP contribution < -0.4 is 20.3 Å². The van der Waals surface area contributed by atoms with E-state index in [-0.39, 0.29) is 5.91 Å². The molecule has 3 aromatic rings. The number of amides is 1. The quantitative estimate of drug-likeness (QED) is 0.496. The maximum atomic E-state index is 12.2. The van der Waals surface area contributed by atoms with Crippen LogP contribution in [-0.2, 0) is 4.74 Å². The number of anilines is 1. The molecule has 0 aliphatic rings. The number of rotatable bonds is 6. The van der Waals surface area contributed by atoms with Crippen LogP contribution in [0.5, 0.6) is 11.5 Å². The van der Waals surface area contributed by atoms with Crippen molar-refractivity contribution in [2.45, 2.75) is 0 Å². The molecule has 0 aliphatic carbocycles. The van der Waals surface area contributed by atoms with E-state index in [1.54, 1.807) is 20.3 Å². The van der Waals surface area contributed by atoms with E-state index in [1.807, 2.05) is 6.07 Å². The number of nitrogens with one attached hydrogen (secondary N) is 2. The van der Waals surface area contributed by atoms with E-state index >= 15 is 0 Å². The molecule has 0 unspecified atom stereocenters. The van der Waals surface area contributed by atoms with Gasteiger partial charge in [0.2, 0.25) is 5.13 Å². The van der Waals surface area contributed by atoms with E-state index in [0.29, 0.717) is 33.3 Å². The fourth-order valence-electron chi connectivity index (χ4n) is 2.36. The van der Waals surface area contributed by atoms with E-state index in [2.05, 4.69) is 20.6 Å². The number of fused-ring (bicyclic) bond motifs is 1. The molecule has 0 bridgehead atoms. The van der Waals surface area contributed by atoms with Gasteiger partial charge >= 0.3 is 5.97 Å². The Morgan fingerprint density at radius 2 is 1.70 bits per heavy atom. The topological polar surface area (TPSA) is 98.8 Å². The number of esters is 1. The number of hydrogen-bond donors (Lipinski definition) is 2. The molecule has 3 rings (SSSR count). The molecule has 1 aromatic heterocycles. The normalized spacial score (nSPS) is 10.3. The minimum absolute atomic E-state index is 0.366. The van der Waals surface area contributed by atoms with Crippen LogP contribution in [0.4, 0.5) is 5.13 Å². The van der Waals surface area contributed by atoms with Crippen LogP contribution in [0.25, 0.3) is 10.2 Å². The van der Waals surface area contributed by atoms with Gasteiger partial charge in [0, 0.05) is 11.6 Å². The van der Waals surface area contributed by atoms with Gasteiger partial charge in [0.25, 0.3) is 5.91 Å². The fourth-order valence-corrected chi connectivity index (χ4v) is 3.22. The Balaban J connectivity index is 1.72. The van der Waals surface area contributed by atoms with Gasteiger partial charge in [0.15, 0.2) is 0 Å². The van der Waals surface area contributed by atoms with Crippen molar-refractivity contribution in [1.29, 1.82) is 0 Å². The average molecular weight is 387 g/mol. The van der Waals surface area contributed by atoms with Gasteiger partial charge in [0.1, 0.15) is 17.0 Å². The zero-order chi connectivity index (χ0) is 19.4. The number of methoxy groups -OCH3 is 3. The minimum Gasteiger partial charge on any atom is -0.497 e. The first-order valence-corrected chi connectivity index (χ1v) is 8.64. The Bertz CT molecular complexity index is 985. The van der Waals surface area contributed by atoms with Gasteiger partial charge in [-0.2, -0.15) is 0 Å². The summed E-state index contributed by atoms with van der Waals surface area (Å²) in [6.45, 7) is 0. The lowest BCUT2D eigenvalue weighted by molar-refractivity contribution is 0.0600. The second-order valence-electron chi connectivity index (χ2n) is 5.34. The number of thiazole rings is 1. The van der Waals surface area contributed by atoms with Gasteiger partial charge in [0.05, 0.1) is 31.6 Å². The third kappa shape index (κ3) is 3.93. The van der Waals surface area contributed by atoms with E-state index < -0.39 is 5.97 Å². The van der Waals surface area contributed by atoms with Crippen LogP contribution in [0.2, 0.25) is 0 Å². The second-order valence-corrected chi connectivity index (χ2v) is 6.37. The number of hydrogen-bond acceptors (Lipinski definition) is 8. The zero-order valence-electron chi connectivity index (χ0n) is 14.9. The number of carbonyl (C=O) groups is 2. The highest BCUT2D eigenvalue weighted by atomic mass is 32.1. The predicted octanol–water partition coefficient (Wildman–Crippen LogP) is 2.86. The average Bonchev–Trinajstić information content (AvgIpc) is 3.13. The van der Waals surface area contributed by atoms with Crippen LogP contribution in [0.1, 0.15) is 20.7 Å². The summed E-state index contributed by atoms with van der Waals surface area (Å²) in [6.07, 6.45) is 0. The highest BCUT2D eigenvalue weighted by Crippen LogP contribution is 2.35. The number of ether oxygens (including phenoxy) is 3. The Hall–Kier alpha value is -3.33. The summed E-state index contributed by atoms with van der Waals surface area (Å²) in [4.78, 5) is 28.1. The number of benzene rings is 2. The van der Waals surface area contributed by atoms with Crippen molar-refractivity contribution in [2.24, 2.45) is 0 Å². The SMILES string of the molecule is COC(=O)c1ccc(C(=O)NNc2nc3c(OC)cc(OC)cc3s2)cc1. The lowest BCUT2D eigenvalue weighted by Crippen LogP contribution is -2.29. The molecule has 0 atom stereocenters. The van der Waals surface area contributed by atoms with E-state index in [1.165, 1.54) is 42.7 Å². The van der Waals surface area contributed by atoms with E-state index in [4.69, 9.17) is 9.47 Å². The van der Waals surface area contributed by atoms with Crippen molar-refractivity contribution >= 4 is 38.6 Å². The largest absolute Gasteiger partial charge is 0.497 e. The standard InChI is InChI=1S/C18H17N3O5S/c1-24-12-8-13(25-2)15-14(9-12)27-18(19-15)21-20-16(22)10-4-6-11(7-5-10)17(23)26-3/h4-9H,1-3H3,(H,19,21)(H,20,22). The van der Waals surface area contributed by atoms with Crippen LogP contribution in [0.3, 0.4) is 0 Å². The summed E-state index contributed by atoms with van der Waals surface area (Å²) in [6, 6.07) is 9.71. The second kappa shape index (κ2) is 7.92. The number of hydrazine groups is 1. The summed E-state index contributed by atoms with van der Waals surface area (Å²) in [5.74, 6) is 0.414. The first-order chi connectivity index (χ1) is 13.0. The minimum atomic E-state index is -0.459. The summed E-state index contributed by atoms with van der Waals surface area (Å²) in [7, 11) is 4.43. The van der Waals surface area contributed by atoms with Crippen LogP contribution in [0, 0.1) is 0 Å². The maximum Gasteiger partial charge on any atom is 0.337 e. The highest BCUT2D eigenvalue weighted by molar-refractivity contribution is 7.22. The van der Waals surface area contributed by atoms with Gasteiger partial charge < -0.3 is 14.2 Å².